The molecule has 0 spiro atoms. The van der Waals surface area contributed by atoms with Crippen molar-refractivity contribution in [2.75, 3.05) is 31.3 Å². The summed E-state index contributed by atoms with van der Waals surface area (Å²) in [6.45, 7) is 1.92. The number of ether oxygens (including phenoxy) is 1. The van der Waals surface area contributed by atoms with E-state index in [0.29, 0.717) is 25.3 Å². The Morgan fingerprint density at radius 2 is 2.35 bits per heavy atom. The van der Waals surface area contributed by atoms with Crippen LogP contribution >= 0.6 is 0 Å². The summed E-state index contributed by atoms with van der Waals surface area (Å²) in [5, 5.41) is 9.26. The third kappa shape index (κ3) is 2.57. The van der Waals surface area contributed by atoms with Crippen LogP contribution in [0.5, 0.6) is 0 Å². The molecule has 0 amide bonds. The molecular weight excluding hydrogens is 223 g/mol. The normalized spacial score (nSPS) is 20.6. The van der Waals surface area contributed by atoms with Crippen molar-refractivity contribution in [1.82, 2.24) is 0 Å². The summed E-state index contributed by atoms with van der Waals surface area (Å²) < 4.78 is 18.9. The van der Waals surface area contributed by atoms with Gasteiger partial charge in [0.25, 0.3) is 0 Å². The molecule has 2 rings (SSSR count). The first-order valence-electron chi connectivity index (χ1n) is 5.70. The van der Waals surface area contributed by atoms with Gasteiger partial charge in [-0.05, 0) is 12.1 Å². The summed E-state index contributed by atoms with van der Waals surface area (Å²) in [6, 6.07) is 4.89. The van der Waals surface area contributed by atoms with E-state index >= 15 is 0 Å². The molecule has 1 atom stereocenters. The zero-order chi connectivity index (χ0) is 12.3. The van der Waals surface area contributed by atoms with Crippen LogP contribution in [0.1, 0.15) is 5.56 Å². The van der Waals surface area contributed by atoms with Gasteiger partial charge in [0.2, 0.25) is 0 Å². The fourth-order valence-electron chi connectivity index (χ4n) is 2.03. The van der Waals surface area contributed by atoms with Crippen LogP contribution in [0.2, 0.25) is 0 Å². The highest BCUT2D eigenvalue weighted by molar-refractivity contribution is 5.49. The number of rotatable bonds is 3. The summed E-state index contributed by atoms with van der Waals surface area (Å²) in [6.07, 6.45) is 0. The smallest absolute Gasteiger partial charge is 0.129 e. The van der Waals surface area contributed by atoms with Crippen LogP contribution in [0.25, 0.3) is 0 Å². The van der Waals surface area contributed by atoms with Crippen molar-refractivity contribution in [2.24, 2.45) is 5.73 Å². The third-order valence-corrected chi connectivity index (χ3v) is 3.03. The predicted molar refractivity (Wildman–Crippen MR) is 63.3 cm³/mol. The second-order valence-electron chi connectivity index (χ2n) is 4.08. The molecule has 0 aromatic heterocycles. The molecule has 1 saturated heterocycles. The molecule has 1 heterocycles. The van der Waals surface area contributed by atoms with E-state index < -0.39 is 0 Å². The Labute approximate surface area is 99.8 Å². The van der Waals surface area contributed by atoms with Crippen molar-refractivity contribution >= 4 is 5.69 Å². The number of hydrogen-bond donors (Lipinski definition) is 2. The Balaban J connectivity index is 2.23. The molecule has 3 N–H and O–H groups in total. The quantitative estimate of drug-likeness (QED) is 0.807. The largest absolute Gasteiger partial charge is 0.394 e. The third-order valence-electron chi connectivity index (χ3n) is 3.03. The van der Waals surface area contributed by atoms with Gasteiger partial charge in [0.15, 0.2) is 0 Å². The Morgan fingerprint density at radius 1 is 1.53 bits per heavy atom. The van der Waals surface area contributed by atoms with Crippen molar-refractivity contribution in [1.29, 1.82) is 0 Å². The minimum atomic E-state index is -0.298. The van der Waals surface area contributed by atoms with E-state index in [1.807, 2.05) is 11.0 Å². The van der Waals surface area contributed by atoms with Crippen LogP contribution in [0.15, 0.2) is 18.2 Å². The lowest BCUT2D eigenvalue weighted by atomic mass is 10.1. The molecular formula is C12H17FN2O2. The van der Waals surface area contributed by atoms with Gasteiger partial charge in [0, 0.05) is 24.3 Å². The Morgan fingerprint density at radius 3 is 3.00 bits per heavy atom. The van der Waals surface area contributed by atoms with E-state index in [1.54, 1.807) is 6.07 Å². The molecule has 5 heteroatoms. The summed E-state index contributed by atoms with van der Waals surface area (Å²) in [5.74, 6) is -0.298. The van der Waals surface area contributed by atoms with Crippen LogP contribution in [0.4, 0.5) is 10.1 Å². The van der Waals surface area contributed by atoms with Crippen molar-refractivity contribution in [3.8, 4) is 0 Å². The lowest BCUT2D eigenvalue weighted by Gasteiger charge is -2.36. The first-order chi connectivity index (χ1) is 8.26. The molecule has 0 saturated carbocycles. The summed E-state index contributed by atoms with van der Waals surface area (Å²) in [5.41, 5.74) is 6.69. The minimum absolute atomic E-state index is 0.000257. The van der Waals surface area contributed by atoms with Crippen LogP contribution in [0.3, 0.4) is 0 Å². The van der Waals surface area contributed by atoms with E-state index in [1.165, 1.54) is 6.07 Å². The molecule has 94 valence electrons. The van der Waals surface area contributed by atoms with Crippen molar-refractivity contribution in [3.63, 3.8) is 0 Å². The van der Waals surface area contributed by atoms with Gasteiger partial charge in [-0.3, -0.25) is 0 Å². The number of anilines is 1. The van der Waals surface area contributed by atoms with Gasteiger partial charge < -0.3 is 20.5 Å². The van der Waals surface area contributed by atoms with Gasteiger partial charge >= 0.3 is 0 Å². The first kappa shape index (κ1) is 12.3. The van der Waals surface area contributed by atoms with Gasteiger partial charge in [0.1, 0.15) is 5.82 Å². The SMILES string of the molecule is NCc1ccc(N2CCOCC2CO)cc1F. The number of nitrogens with two attached hydrogens (primary N) is 1. The van der Waals surface area contributed by atoms with Gasteiger partial charge in [-0.25, -0.2) is 4.39 Å². The molecule has 1 unspecified atom stereocenters. The lowest BCUT2D eigenvalue weighted by molar-refractivity contribution is 0.0727. The molecule has 0 aliphatic carbocycles. The topological polar surface area (TPSA) is 58.7 Å². The number of aliphatic hydroxyl groups is 1. The van der Waals surface area contributed by atoms with Crippen LogP contribution in [0, 0.1) is 5.82 Å². The number of hydrogen-bond acceptors (Lipinski definition) is 4. The average Bonchev–Trinajstić information content (AvgIpc) is 2.38. The molecule has 1 aromatic carbocycles. The van der Waals surface area contributed by atoms with E-state index in [2.05, 4.69) is 0 Å². The second kappa shape index (κ2) is 5.44. The standard InChI is InChI=1S/C12H17FN2O2/c13-12-5-10(2-1-9(12)6-14)15-3-4-17-8-11(15)7-16/h1-2,5,11,16H,3-4,6-8,14H2. The van der Waals surface area contributed by atoms with E-state index in [0.717, 1.165) is 5.69 Å². The van der Waals surface area contributed by atoms with Gasteiger partial charge in [-0.15, -0.1) is 0 Å². The van der Waals surface area contributed by atoms with E-state index in [9.17, 15) is 9.50 Å². The average molecular weight is 240 g/mol. The van der Waals surface area contributed by atoms with Crippen molar-refractivity contribution in [2.45, 2.75) is 12.6 Å². The predicted octanol–water partition coefficient (Wildman–Crippen LogP) is 0.482. The maximum Gasteiger partial charge on any atom is 0.129 e. The van der Waals surface area contributed by atoms with Gasteiger partial charge in [-0.1, -0.05) is 6.07 Å². The molecule has 4 nitrogen and oxygen atoms in total. The highest BCUT2D eigenvalue weighted by Crippen LogP contribution is 2.22. The second-order valence-corrected chi connectivity index (χ2v) is 4.08. The maximum absolute atomic E-state index is 13.6. The van der Waals surface area contributed by atoms with Crippen molar-refractivity contribution in [3.05, 3.63) is 29.6 Å². The zero-order valence-electron chi connectivity index (χ0n) is 9.60. The Kier molecular flexibility index (Phi) is 3.93. The summed E-state index contributed by atoms with van der Waals surface area (Å²) in [4.78, 5) is 1.97. The molecule has 0 radical (unpaired) electrons. The van der Waals surface area contributed by atoms with Crippen LogP contribution < -0.4 is 10.6 Å². The molecule has 1 fully saturated rings. The number of halogens is 1. The molecule has 1 aliphatic heterocycles. The molecule has 1 aromatic rings. The minimum Gasteiger partial charge on any atom is -0.394 e. The van der Waals surface area contributed by atoms with E-state index in [-0.39, 0.29) is 25.0 Å². The molecule has 0 bridgehead atoms. The number of morpholine rings is 1. The van der Waals surface area contributed by atoms with Crippen molar-refractivity contribution < 1.29 is 14.2 Å². The van der Waals surface area contributed by atoms with E-state index in [4.69, 9.17) is 10.5 Å². The Bertz CT molecular complexity index is 387. The Hall–Kier alpha value is -1.17. The number of aliphatic hydroxyl groups excluding tert-OH is 1. The molecule has 17 heavy (non-hydrogen) atoms. The van der Waals surface area contributed by atoms with Crippen LogP contribution in [-0.2, 0) is 11.3 Å². The van der Waals surface area contributed by atoms with Gasteiger partial charge in [-0.2, -0.15) is 0 Å². The maximum atomic E-state index is 13.6. The highest BCUT2D eigenvalue weighted by atomic mass is 19.1. The zero-order valence-corrected chi connectivity index (χ0v) is 9.60. The fourth-order valence-corrected chi connectivity index (χ4v) is 2.03. The monoisotopic (exact) mass is 240 g/mol. The van der Waals surface area contributed by atoms with Crippen LogP contribution in [-0.4, -0.2) is 37.5 Å². The highest BCUT2D eigenvalue weighted by Gasteiger charge is 2.23. The summed E-state index contributed by atoms with van der Waals surface area (Å²) >= 11 is 0. The van der Waals surface area contributed by atoms with Gasteiger partial charge in [0.05, 0.1) is 25.9 Å². The first-order valence-corrected chi connectivity index (χ1v) is 5.70. The number of nitrogens with zero attached hydrogens (tertiary/aromatic N) is 1. The molecule has 1 aliphatic rings. The fraction of sp³-hybridized carbons (Fsp3) is 0.500. The lowest BCUT2D eigenvalue weighted by Crippen LogP contribution is -2.47. The number of benzene rings is 1. The summed E-state index contributed by atoms with van der Waals surface area (Å²) in [7, 11) is 0.